The highest BCUT2D eigenvalue weighted by molar-refractivity contribution is 6.38. The quantitative estimate of drug-likeness (QED) is 0.104. The van der Waals surface area contributed by atoms with E-state index in [9.17, 15) is 28.8 Å². The minimum absolute atomic E-state index is 0.0725. The fourth-order valence-corrected chi connectivity index (χ4v) is 5.45. The summed E-state index contributed by atoms with van der Waals surface area (Å²) < 4.78 is 27.2. The van der Waals surface area contributed by atoms with Gasteiger partial charge < -0.3 is 33.9 Å². The van der Waals surface area contributed by atoms with E-state index in [4.69, 9.17) is 23.7 Å². The first-order valence-electron chi connectivity index (χ1n) is 17.4. The Bertz CT molecular complexity index is 1670. The molecule has 2 atom stereocenters. The maximum absolute atomic E-state index is 13.9. The van der Waals surface area contributed by atoms with E-state index in [1.165, 1.54) is 45.4 Å². The van der Waals surface area contributed by atoms with E-state index in [1.807, 2.05) is 6.07 Å². The number of aromatic nitrogens is 2. The first kappa shape index (κ1) is 42.1. The van der Waals surface area contributed by atoms with Gasteiger partial charge in [-0.2, -0.15) is 0 Å². The molecule has 1 N–H and O–H groups in total. The molecule has 15 nitrogen and oxygen atoms in total. The number of aryl methyl sites for hydroxylation is 1. The third-order valence-corrected chi connectivity index (χ3v) is 8.21. The number of nitrogens with zero attached hydrogens (tertiary/aromatic N) is 3. The smallest absolute Gasteiger partial charge is 0.330 e. The molecular weight excluding hydrogens is 688 g/mol. The Labute approximate surface area is 309 Å². The van der Waals surface area contributed by atoms with Gasteiger partial charge in [0, 0.05) is 19.0 Å². The predicted octanol–water partition coefficient (Wildman–Crippen LogP) is 4.48. The molecule has 53 heavy (non-hydrogen) atoms. The van der Waals surface area contributed by atoms with Gasteiger partial charge in [0.05, 0.1) is 38.4 Å². The van der Waals surface area contributed by atoms with Crippen LogP contribution in [-0.2, 0) is 49.4 Å². The SMILES string of the molecule is C=CC(=O)OCC(C)(C)C(=O)C(=O)N1CCCC[C@H]1C(=O)O[C@H](CCc1ccc(OC)c(OC)c1)c1cncc(NC(=O)CCC(=O)OC(C)(C)C)n1. The largest absolute Gasteiger partial charge is 0.493 e. The summed E-state index contributed by atoms with van der Waals surface area (Å²) in [6.45, 7) is 11.3. The van der Waals surface area contributed by atoms with Gasteiger partial charge in [0.1, 0.15) is 30.0 Å². The lowest BCUT2D eigenvalue weighted by Crippen LogP contribution is -2.53. The number of ether oxygens (including phenoxy) is 5. The predicted molar refractivity (Wildman–Crippen MR) is 192 cm³/mol. The highest BCUT2D eigenvalue weighted by Crippen LogP contribution is 2.31. The summed E-state index contributed by atoms with van der Waals surface area (Å²) in [7, 11) is 3.05. The summed E-state index contributed by atoms with van der Waals surface area (Å²) in [5.41, 5.74) is -0.995. The van der Waals surface area contributed by atoms with Crippen molar-refractivity contribution in [3.8, 4) is 11.5 Å². The van der Waals surface area contributed by atoms with Crippen molar-refractivity contribution in [3.05, 3.63) is 54.5 Å². The summed E-state index contributed by atoms with van der Waals surface area (Å²) in [6.07, 6.45) is 4.43. The van der Waals surface area contributed by atoms with Crippen LogP contribution in [0.15, 0.2) is 43.2 Å². The van der Waals surface area contributed by atoms with Gasteiger partial charge >= 0.3 is 17.9 Å². The number of rotatable bonds is 17. The first-order chi connectivity index (χ1) is 25.0. The maximum atomic E-state index is 13.9. The average Bonchev–Trinajstić information content (AvgIpc) is 3.13. The molecule has 0 unspecified atom stereocenters. The van der Waals surface area contributed by atoms with Crippen LogP contribution in [-0.4, -0.2) is 89.4 Å². The van der Waals surface area contributed by atoms with E-state index in [0.29, 0.717) is 30.8 Å². The molecule has 0 aliphatic carbocycles. The molecule has 1 saturated heterocycles. The van der Waals surface area contributed by atoms with Crippen LogP contribution in [0.5, 0.6) is 11.5 Å². The number of anilines is 1. The average molecular weight is 739 g/mol. The van der Waals surface area contributed by atoms with Gasteiger partial charge in [-0.25, -0.2) is 14.6 Å². The van der Waals surface area contributed by atoms with Crippen LogP contribution in [0.3, 0.4) is 0 Å². The van der Waals surface area contributed by atoms with Gasteiger partial charge in [0.15, 0.2) is 17.3 Å². The van der Waals surface area contributed by atoms with Gasteiger partial charge in [-0.05, 0) is 84.4 Å². The summed E-state index contributed by atoms with van der Waals surface area (Å²) >= 11 is 0. The number of carbonyl (C=O) groups excluding carboxylic acids is 6. The van der Waals surface area contributed by atoms with E-state index in [0.717, 1.165) is 11.6 Å². The van der Waals surface area contributed by atoms with Crippen molar-refractivity contribution in [1.82, 2.24) is 14.9 Å². The first-order valence-corrected chi connectivity index (χ1v) is 17.4. The molecule has 2 amide bonds. The topological polar surface area (TPSA) is 190 Å². The van der Waals surface area contributed by atoms with Crippen molar-refractivity contribution in [1.29, 1.82) is 0 Å². The summed E-state index contributed by atoms with van der Waals surface area (Å²) in [5, 5.41) is 2.62. The van der Waals surface area contributed by atoms with Crippen LogP contribution < -0.4 is 14.8 Å². The fraction of sp³-hybridized carbons (Fsp3) is 0.526. The van der Waals surface area contributed by atoms with Gasteiger partial charge in [-0.15, -0.1) is 0 Å². The number of Topliss-reactive ketones (excluding diaryl/α,β-unsaturated/α-hetero) is 1. The summed E-state index contributed by atoms with van der Waals surface area (Å²) in [4.78, 5) is 87.2. The Morgan fingerprint density at radius 1 is 1.00 bits per heavy atom. The Morgan fingerprint density at radius 2 is 1.72 bits per heavy atom. The number of amides is 2. The molecule has 0 spiro atoms. The van der Waals surface area contributed by atoms with Crippen LogP contribution >= 0.6 is 0 Å². The summed E-state index contributed by atoms with van der Waals surface area (Å²) in [6, 6.07) is 4.32. The lowest BCUT2D eigenvalue weighted by atomic mass is 9.87. The van der Waals surface area contributed by atoms with Gasteiger partial charge in [-0.3, -0.25) is 24.2 Å². The van der Waals surface area contributed by atoms with Crippen molar-refractivity contribution in [3.63, 3.8) is 0 Å². The number of hydrogen-bond acceptors (Lipinski definition) is 13. The molecule has 2 heterocycles. The monoisotopic (exact) mass is 738 g/mol. The number of nitrogens with one attached hydrogen (secondary N) is 1. The molecule has 1 fully saturated rings. The van der Waals surface area contributed by atoms with E-state index >= 15 is 0 Å². The third kappa shape index (κ3) is 12.7. The second-order valence-corrected chi connectivity index (χ2v) is 14.2. The molecule has 1 aromatic carbocycles. The van der Waals surface area contributed by atoms with E-state index < -0.39 is 58.7 Å². The van der Waals surface area contributed by atoms with Crippen LogP contribution in [0.1, 0.15) is 90.5 Å². The van der Waals surface area contributed by atoms with Crippen LogP contribution in [0.2, 0.25) is 0 Å². The zero-order valence-corrected chi connectivity index (χ0v) is 31.5. The highest BCUT2D eigenvalue weighted by Gasteiger charge is 2.42. The van der Waals surface area contributed by atoms with E-state index in [2.05, 4.69) is 21.9 Å². The maximum Gasteiger partial charge on any atom is 0.330 e. The molecule has 3 rings (SSSR count). The Balaban J connectivity index is 1.84. The minimum atomic E-state index is -1.36. The number of likely N-dealkylation sites (tertiary alicyclic amines) is 1. The second-order valence-electron chi connectivity index (χ2n) is 14.2. The highest BCUT2D eigenvalue weighted by atomic mass is 16.6. The van der Waals surface area contributed by atoms with Crippen molar-refractivity contribution in [2.24, 2.45) is 5.41 Å². The third-order valence-electron chi connectivity index (χ3n) is 8.21. The zero-order chi connectivity index (χ0) is 39.3. The standard InChI is InChI=1S/C38H50N4O11/c1-9-32(44)51-23-38(5,6)34(46)35(47)42-19-11-10-12-26(42)36(48)52-27(15-13-24-14-16-28(49-7)29(20-24)50-8)25-21-39-22-30(40-25)41-31(43)17-18-33(45)53-37(2,3)4/h9,14,16,20-22,26-27H,1,10-13,15,17-19,23H2,2-8H3,(H,40,41,43)/t26-,27+/m0/s1. The molecule has 0 radical (unpaired) electrons. The van der Waals surface area contributed by atoms with Crippen molar-refractivity contribution < 1.29 is 52.5 Å². The Hall–Kier alpha value is -5.34. The van der Waals surface area contributed by atoms with Gasteiger partial charge in [0.2, 0.25) is 11.7 Å². The molecule has 1 aliphatic heterocycles. The lowest BCUT2D eigenvalue weighted by molar-refractivity contribution is -0.165. The molecule has 1 aliphatic rings. The molecule has 1 aromatic heterocycles. The molecular formula is C38H50N4O11. The van der Waals surface area contributed by atoms with Crippen LogP contribution in [0.25, 0.3) is 0 Å². The molecule has 0 saturated carbocycles. The Morgan fingerprint density at radius 3 is 2.38 bits per heavy atom. The second kappa shape index (κ2) is 18.9. The molecule has 2 aromatic rings. The lowest BCUT2D eigenvalue weighted by Gasteiger charge is -2.36. The van der Waals surface area contributed by atoms with E-state index in [-0.39, 0.29) is 50.3 Å². The fourth-order valence-electron chi connectivity index (χ4n) is 5.45. The van der Waals surface area contributed by atoms with Gasteiger partial charge in [0.25, 0.3) is 5.91 Å². The normalized spacial score (nSPS) is 15.0. The zero-order valence-electron chi connectivity index (χ0n) is 31.5. The van der Waals surface area contributed by atoms with Crippen LogP contribution in [0, 0.1) is 5.41 Å². The van der Waals surface area contributed by atoms with Gasteiger partial charge in [-0.1, -0.05) is 12.6 Å². The van der Waals surface area contributed by atoms with Crippen LogP contribution in [0.4, 0.5) is 5.82 Å². The van der Waals surface area contributed by atoms with Crippen molar-refractivity contribution >= 4 is 41.3 Å². The summed E-state index contributed by atoms with van der Waals surface area (Å²) in [5.74, 6) is -3.07. The van der Waals surface area contributed by atoms with Crippen molar-refractivity contribution in [2.45, 2.75) is 97.3 Å². The number of methoxy groups -OCH3 is 2. The number of piperidine rings is 1. The number of esters is 3. The molecule has 288 valence electrons. The minimum Gasteiger partial charge on any atom is -0.493 e. The molecule has 15 heteroatoms. The number of carbonyl (C=O) groups is 6. The number of ketones is 1. The number of hydrogen-bond donors (Lipinski definition) is 1. The molecule has 0 bridgehead atoms. The van der Waals surface area contributed by atoms with Crippen molar-refractivity contribution in [2.75, 3.05) is 32.7 Å². The number of benzene rings is 1. The van der Waals surface area contributed by atoms with E-state index in [1.54, 1.807) is 32.9 Å². The Kier molecular flexibility index (Phi) is 15.0.